The van der Waals surface area contributed by atoms with E-state index in [1.807, 2.05) is 30.7 Å². The fraction of sp³-hybridized carbons (Fsp3) is 0.455. The summed E-state index contributed by atoms with van der Waals surface area (Å²) in [5.74, 6) is 0.225. The molecular formula is C22H27N9OS. The molecule has 0 aliphatic carbocycles. The molecule has 1 amide bonds. The smallest absolute Gasteiger partial charge is 0.270 e. The lowest BCUT2D eigenvalue weighted by molar-refractivity contribution is 0.0948. The zero-order valence-corrected chi connectivity index (χ0v) is 19.6. The average molecular weight is 466 g/mol. The molecule has 1 fully saturated rings. The fourth-order valence-corrected chi connectivity index (χ4v) is 4.70. The molecule has 1 atom stereocenters. The van der Waals surface area contributed by atoms with E-state index in [4.69, 9.17) is 5.26 Å². The number of aryl methyl sites for hydroxylation is 3. The van der Waals surface area contributed by atoms with Gasteiger partial charge >= 0.3 is 0 Å². The van der Waals surface area contributed by atoms with Crippen LogP contribution in [0.3, 0.4) is 0 Å². The molecule has 172 valence electrons. The molecular weight excluding hydrogens is 438 g/mol. The van der Waals surface area contributed by atoms with Crippen LogP contribution in [-0.2, 0) is 6.54 Å². The Morgan fingerprint density at radius 2 is 2.24 bits per heavy atom. The lowest BCUT2D eigenvalue weighted by Gasteiger charge is -2.21. The van der Waals surface area contributed by atoms with Crippen molar-refractivity contribution in [3.8, 4) is 6.07 Å². The van der Waals surface area contributed by atoms with Crippen LogP contribution in [-0.4, -0.2) is 55.2 Å². The predicted molar refractivity (Wildman–Crippen MR) is 125 cm³/mol. The van der Waals surface area contributed by atoms with Gasteiger partial charge in [-0.1, -0.05) is 0 Å². The van der Waals surface area contributed by atoms with Crippen LogP contribution >= 0.6 is 11.3 Å². The Hall–Kier alpha value is -3.36. The number of nitrogens with zero attached hydrogens (tertiary/aromatic N) is 7. The number of nitriles is 1. The first-order chi connectivity index (χ1) is 16.0. The summed E-state index contributed by atoms with van der Waals surface area (Å²) in [5.41, 5.74) is 3.36. The molecule has 0 bridgehead atoms. The monoisotopic (exact) mass is 465 g/mol. The summed E-state index contributed by atoms with van der Waals surface area (Å²) in [6.07, 6.45) is 4.51. The molecule has 3 aromatic heterocycles. The fourth-order valence-electron chi connectivity index (χ4n) is 4.01. The number of carbonyl (C=O) groups excluding carboxylic acids is 1. The summed E-state index contributed by atoms with van der Waals surface area (Å²) in [7, 11) is 0. The maximum absolute atomic E-state index is 12.4. The number of amides is 1. The van der Waals surface area contributed by atoms with Gasteiger partial charge in [0.05, 0.1) is 30.0 Å². The zero-order valence-electron chi connectivity index (χ0n) is 18.8. The second-order valence-electron chi connectivity index (χ2n) is 8.01. The molecule has 10 nitrogen and oxygen atoms in total. The first kappa shape index (κ1) is 22.8. The highest BCUT2D eigenvalue weighted by atomic mass is 32.1. The van der Waals surface area contributed by atoms with Crippen LogP contribution in [0.2, 0.25) is 0 Å². The van der Waals surface area contributed by atoms with Gasteiger partial charge in [0.1, 0.15) is 5.69 Å². The SMILES string of the molecule is Cc1cc(C)n(CCCNC(=O)c2csc(Nc3nccc([C@@H]4CCCN4CC#N)n3)n2)n1. The summed E-state index contributed by atoms with van der Waals surface area (Å²) in [4.78, 5) is 27.8. The van der Waals surface area contributed by atoms with E-state index in [9.17, 15) is 4.79 Å². The highest BCUT2D eigenvalue weighted by Crippen LogP contribution is 2.30. The van der Waals surface area contributed by atoms with Gasteiger partial charge in [-0.15, -0.1) is 11.3 Å². The average Bonchev–Trinajstić information content (AvgIpc) is 3.52. The van der Waals surface area contributed by atoms with Gasteiger partial charge in [0.25, 0.3) is 5.91 Å². The van der Waals surface area contributed by atoms with Crippen molar-refractivity contribution < 1.29 is 4.79 Å². The van der Waals surface area contributed by atoms with E-state index in [2.05, 4.69) is 41.7 Å². The van der Waals surface area contributed by atoms with E-state index < -0.39 is 0 Å². The molecule has 1 saturated heterocycles. The van der Waals surface area contributed by atoms with E-state index in [0.717, 1.165) is 49.4 Å². The van der Waals surface area contributed by atoms with Crippen LogP contribution in [0, 0.1) is 25.2 Å². The number of thiazole rings is 1. The maximum Gasteiger partial charge on any atom is 0.270 e. The summed E-state index contributed by atoms with van der Waals surface area (Å²) in [5, 5.41) is 21.7. The van der Waals surface area contributed by atoms with Crippen molar-refractivity contribution in [1.29, 1.82) is 5.26 Å². The third-order valence-corrected chi connectivity index (χ3v) is 6.30. The van der Waals surface area contributed by atoms with Gasteiger partial charge in [0, 0.05) is 30.4 Å². The minimum Gasteiger partial charge on any atom is -0.351 e. The molecule has 33 heavy (non-hydrogen) atoms. The molecule has 11 heteroatoms. The number of rotatable bonds is 9. The lowest BCUT2D eigenvalue weighted by atomic mass is 10.1. The molecule has 3 aromatic rings. The van der Waals surface area contributed by atoms with E-state index >= 15 is 0 Å². The van der Waals surface area contributed by atoms with Crippen molar-refractivity contribution in [2.24, 2.45) is 0 Å². The standard InChI is InChI=1S/C22H27N9OS/c1-15-13-16(2)31(29-15)11-4-8-24-20(32)18-14-33-22(27-18)28-21-25-9-6-17(26-21)19-5-3-10-30(19)12-7-23/h6,9,13-14,19H,3-5,8,10-12H2,1-2H3,(H,24,32)(H,25,26,27,28)/t19-/m0/s1. The van der Waals surface area contributed by atoms with E-state index in [-0.39, 0.29) is 11.9 Å². The van der Waals surface area contributed by atoms with Crippen molar-refractivity contribution in [1.82, 2.24) is 34.9 Å². The third kappa shape index (κ3) is 5.71. The number of nitrogens with one attached hydrogen (secondary N) is 2. The van der Waals surface area contributed by atoms with E-state index in [0.29, 0.717) is 29.9 Å². The topological polar surface area (TPSA) is 125 Å². The minimum absolute atomic E-state index is 0.125. The number of aromatic nitrogens is 5. The molecule has 0 saturated carbocycles. The van der Waals surface area contributed by atoms with Crippen molar-refractivity contribution >= 4 is 28.3 Å². The zero-order chi connectivity index (χ0) is 23.2. The predicted octanol–water partition coefficient (Wildman–Crippen LogP) is 2.97. The van der Waals surface area contributed by atoms with Crippen molar-refractivity contribution in [3.63, 3.8) is 0 Å². The van der Waals surface area contributed by atoms with Crippen molar-refractivity contribution in [2.75, 3.05) is 25.0 Å². The van der Waals surface area contributed by atoms with Crippen LogP contribution < -0.4 is 10.6 Å². The second kappa shape index (κ2) is 10.5. The number of carbonyl (C=O) groups is 1. The van der Waals surface area contributed by atoms with Crippen molar-refractivity contribution in [2.45, 2.75) is 45.7 Å². The summed E-state index contributed by atoms with van der Waals surface area (Å²) >= 11 is 1.33. The number of hydrogen-bond acceptors (Lipinski definition) is 9. The molecule has 4 rings (SSSR count). The Morgan fingerprint density at radius 1 is 1.36 bits per heavy atom. The molecule has 0 aromatic carbocycles. The van der Waals surface area contributed by atoms with Gasteiger partial charge in [-0.25, -0.2) is 15.0 Å². The number of likely N-dealkylation sites (tertiary alicyclic amines) is 1. The largest absolute Gasteiger partial charge is 0.351 e. The minimum atomic E-state index is -0.208. The molecule has 0 radical (unpaired) electrons. The van der Waals surface area contributed by atoms with Gasteiger partial charge in [-0.2, -0.15) is 10.4 Å². The van der Waals surface area contributed by atoms with Gasteiger partial charge in [-0.3, -0.25) is 14.4 Å². The summed E-state index contributed by atoms with van der Waals surface area (Å²) in [6.45, 7) is 6.59. The molecule has 0 unspecified atom stereocenters. The van der Waals surface area contributed by atoms with Gasteiger partial charge in [-0.05, 0) is 51.8 Å². The Kier molecular flexibility index (Phi) is 7.26. The lowest BCUT2D eigenvalue weighted by Crippen LogP contribution is -2.25. The summed E-state index contributed by atoms with van der Waals surface area (Å²) in [6, 6.07) is 6.28. The molecule has 0 spiro atoms. The van der Waals surface area contributed by atoms with Gasteiger partial charge < -0.3 is 10.6 Å². The van der Waals surface area contributed by atoms with Crippen LogP contribution in [0.15, 0.2) is 23.7 Å². The second-order valence-corrected chi connectivity index (χ2v) is 8.87. The van der Waals surface area contributed by atoms with Gasteiger partial charge in [0.15, 0.2) is 5.13 Å². The first-order valence-electron chi connectivity index (χ1n) is 11.0. The van der Waals surface area contributed by atoms with Crippen LogP contribution in [0.5, 0.6) is 0 Å². The Bertz CT molecular complexity index is 1150. The highest BCUT2D eigenvalue weighted by molar-refractivity contribution is 7.14. The number of hydrogen-bond donors (Lipinski definition) is 2. The van der Waals surface area contributed by atoms with Crippen LogP contribution in [0.25, 0.3) is 0 Å². The van der Waals surface area contributed by atoms with E-state index in [1.165, 1.54) is 11.3 Å². The Labute approximate surface area is 196 Å². The van der Waals surface area contributed by atoms with Crippen LogP contribution in [0.1, 0.15) is 52.9 Å². The Morgan fingerprint density at radius 3 is 3.03 bits per heavy atom. The third-order valence-electron chi connectivity index (χ3n) is 5.55. The molecule has 1 aliphatic rings. The molecule has 4 heterocycles. The van der Waals surface area contributed by atoms with Crippen LogP contribution in [0.4, 0.5) is 11.1 Å². The van der Waals surface area contributed by atoms with E-state index in [1.54, 1.807) is 11.6 Å². The first-order valence-corrected chi connectivity index (χ1v) is 11.9. The highest BCUT2D eigenvalue weighted by Gasteiger charge is 2.27. The normalized spacial score (nSPS) is 16.0. The van der Waals surface area contributed by atoms with Gasteiger partial charge in [0.2, 0.25) is 5.95 Å². The molecule has 2 N–H and O–H groups in total. The number of anilines is 2. The summed E-state index contributed by atoms with van der Waals surface area (Å²) < 4.78 is 1.95. The quantitative estimate of drug-likeness (QED) is 0.365. The maximum atomic E-state index is 12.4. The molecule has 1 aliphatic heterocycles. The Balaban J connectivity index is 1.30. The van der Waals surface area contributed by atoms with Crippen molar-refractivity contribution in [3.05, 3.63) is 46.5 Å².